The van der Waals surface area contributed by atoms with Gasteiger partial charge in [0.15, 0.2) is 5.60 Å². The largest absolute Gasteiger partial charge is 0.367 e. The number of hydrogen-bond donors (Lipinski definition) is 1. The number of pyridine rings is 1. The molecule has 1 aromatic carbocycles. The van der Waals surface area contributed by atoms with Gasteiger partial charge < -0.3 is 15.4 Å². The number of rotatable bonds is 6. The molecule has 2 amide bonds. The Morgan fingerprint density at radius 3 is 2.78 bits per heavy atom. The molecular weight excluding hydrogens is 342 g/mol. The van der Waals surface area contributed by atoms with E-state index in [0.717, 1.165) is 23.1 Å². The maximum Gasteiger partial charge on any atom is 0.251 e. The van der Waals surface area contributed by atoms with Crippen LogP contribution in [0.15, 0.2) is 48.8 Å². The first-order valence-electron chi connectivity index (χ1n) is 9.25. The van der Waals surface area contributed by atoms with Gasteiger partial charge in [-0.3, -0.25) is 14.6 Å². The van der Waals surface area contributed by atoms with Gasteiger partial charge in [-0.05, 0) is 29.2 Å². The summed E-state index contributed by atoms with van der Waals surface area (Å²) in [4.78, 5) is 30.5. The summed E-state index contributed by atoms with van der Waals surface area (Å²) < 4.78 is 5.85. The summed E-state index contributed by atoms with van der Waals surface area (Å²) >= 11 is 0. The molecule has 2 N–H and O–H groups in total. The summed E-state index contributed by atoms with van der Waals surface area (Å²) in [6.07, 6.45) is 5.09. The summed E-state index contributed by atoms with van der Waals surface area (Å²) in [7, 11) is 0. The number of aromatic nitrogens is 1. The Hall–Kier alpha value is -2.73. The van der Waals surface area contributed by atoms with E-state index in [1.807, 2.05) is 43.3 Å². The maximum absolute atomic E-state index is 12.3. The minimum Gasteiger partial charge on any atom is -0.367 e. The van der Waals surface area contributed by atoms with Gasteiger partial charge in [-0.15, -0.1) is 0 Å². The van der Waals surface area contributed by atoms with Crippen LogP contribution in [0.3, 0.4) is 0 Å². The molecule has 3 rings (SSSR count). The molecule has 1 aliphatic rings. The quantitative estimate of drug-likeness (QED) is 0.848. The van der Waals surface area contributed by atoms with Gasteiger partial charge >= 0.3 is 0 Å². The lowest BCUT2D eigenvalue weighted by molar-refractivity contribution is -0.163. The molecule has 2 heterocycles. The van der Waals surface area contributed by atoms with Crippen molar-refractivity contribution in [2.45, 2.75) is 31.8 Å². The van der Waals surface area contributed by atoms with Crippen LogP contribution in [0.2, 0.25) is 0 Å². The zero-order valence-electron chi connectivity index (χ0n) is 15.6. The molecular formula is C21H25N3O3. The van der Waals surface area contributed by atoms with Crippen molar-refractivity contribution in [3.63, 3.8) is 0 Å². The van der Waals surface area contributed by atoms with Crippen molar-refractivity contribution in [1.29, 1.82) is 0 Å². The van der Waals surface area contributed by atoms with E-state index in [1.54, 1.807) is 17.3 Å². The molecule has 1 aromatic heterocycles. The molecule has 1 fully saturated rings. The Labute approximate surface area is 159 Å². The number of amides is 2. The Balaban J connectivity index is 1.84. The van der Waals surface area contributed by atoms with Gasteiger partial charge in [0, 0.05) is 31.8 Å². The van der Waals surface area contributed by atoms with Crippen LogP contribution >= 0.6 is 0 Å². The van der Waals surface area contributed by atoms with Crippen molar-refractivity contribution in [2.75, 3.05) is 19.7 Å². The summed E-state index contributed by atoms with van der Waals surface area (Å²) in [5, 5.41) is 0. The standard InChI is InChI=1S/C21H25N3O3/c1-2-5-19(25)24-10-11-27-21(15-24,20(22)26)13-16-6-3-7-17(12-16)18-8-4-9-23-14-18/h3-4,6-9,12,14H,2,5,10-11,13,15H2,1H3,(H2,22,26). The molecule has 142 valence electrons. The number of benzene rings is 1. The Kier molecular flexibility index (Phi) is 5.86. The van der Waals surface area contributed by atoms with E-state index < -0.39 is 11.5 Å². The topological polar surface area (TPSA) is 85.5 Å². The van der Waals surface area contributed by atoms with Crippen LogP contribution in [0.5, 0.6) is 0 Å². The highest BCUT2D eigenvalue weighted by molar-refractivity contribution is 5.86. The average Bonchev–Trinajstić information content (AvgIpc) is 2.69. The zero-order valence-corrected chi connectivity index (χ0v) is 15.6. The average molecular weight is 367 g/mol. The molecule has 6 nitrogen and oxygen atoms in total. The van der Waals surface area contributed by atoms with E-state index in [1.165, 1.54) is 0 Å². The summed E-state index contributed by atoms with van der Waals surface area (Å²) in [5.41, 5.74) is 7.46. The van der Waals surface area contributed by atoms with Crippen LogP contribution in [0.25, 0.3) is 11.1 Å². The second-order valence-electron chi connectivity index (χ2n) is 6.89. The number of nitrogens with two attached hydrogens (primary N) is 1. The molecule has 0 saturated carbocycles. The van der Waals surface area contributed by atoms with E-state index in [0.29, 0.717) is 26.0 Å². The van der Waals surface area contributed by atoms with Gasteiger partial charge in [0.2, 0.25) is 5.91 Å². The third-order valence-electron chi connectivity index (χ3n) is 4.86. The van der Waals surface area contributed by atoms with E-state index in [4.69, 9.17) is 10.5 Å². The Bertz CT molecular complexity index is 809. The van der Waals surface area contributed by atoms with E-state index >= 15 is 0 Å². The molecule has 6 heteroatoms. The first-order valence-corrected chi connectivity index (χ1v) is 9.25. The highest BCUT2D eigenvalue weighted by atomic mass is 16.5. The van der Waals surface area contributed by atoms with Gasteiger partial charge in [0.25, 0.3) is 5.91 Å². The zero-order chi connectivity index (χ0) is 19.3. The minimum absolute atomic E-state index is 0.0375. The van der Waals surface area contributed by atoms with Crippen molar-refractivity contribution in [2.24, 2.45) is 5.73 Å². The summed E-state index contributed by atoms with van der Waals surface area (Å²) in [6, 6.07) is 11.8. The molecule has 0 aliphatic carbocycles. The van der Waals surface area contributed by atoms with E-state index in [-0.39, 0.29) is 12.5 Å². The van der Waals surface area contributed by atoms with Gasteiger partial charge in [0.05, 0.1) is 13.2 Å². The normalized spacial score (nSPS) is 19.7. The van der Waals surface area contributed by atoms with Crippen molar-refractivity contribution in [3.8, 4) is 11.1 Å². The number of carbonyl (C=O) groups is 2. The Morgan fingerprint density at radius 1 is 1.26 bits per heavy atom. The summed E-state index contributed by atoms with van der Waals surface area (Å²) in [6.45, 7) is 2.95. The van der Waals surface area contributed by atoms with Gasteiger partial charge in [-0.2, -0.15) is 0 Å². The molecule has 0 radical (unpaired) electrons. The van der Waals surface area contributed by atoms with Crippen molar-refractivity contribution < 1.29 is 14.3 Å². The van der Waals surface area contributed by atoms with Gasteiger partial charge in [-0.1, -0.05) is 37.3 Å². The molecule has 2 aromatic rings. The van der Waals surface area contributed by atoms with Gasteiger partial charge in [0.1, 0.15) is 0 Å². The highest BCUT2D eigenvalue weighted by Gasteiger charge is 2.43. The summed E-state index contributed by atoms with van der Waals surface area (Å²) in [5.74, 6) is -0.501. The SMILES string of the molecule is CCCC(=O)N1CCOC(Cc2cccc(-c3cccnc3)c2)(C(N)=O)C1. The van der Waals surface area contributed by atoms with Gasteiger partial charge in [-0.25, -0.2) is 0 Å². The fourth-order valence-corrected chi connectivity index (χ4v) is 3.44. The van der Waals surface area contributed by atoms with Crippen LogP contribution < -0.4 is 5.73 Å². The smallest absolute Gasteiger partial charge is 0.251 e. The number of hydrogen-bond acceptors (Lipinski definition) is 4. The molecule has 0 spiro atoms. The molecule has 1 aliphatic heterocycles. The third kappa shape index (κ3) is 4.34. The number of carbonyl (C=O) groups excluding carboxylic acids is 2. The maximum atomic E-state index is 12.3. The third-order valence-corrected chi connectivity index (χ3v) is 4.86. The molecule has 1 saturated heterocycles. The molecule has 27 heavy (non-hydrogen) atoms. The van der Waals surface area contributed by atoms with Crippen molar-refractivity contribution >= 4 is 11.8 Å². The number of ether oxygens (including phenoxy) is 1. The van der Waals surface area contributed by atoms with Crippen LogP contribution in [0.4, 0.5) is 0 Å². The van der Waals surface area contributed by atoms with Crippen LogP contribution in [-0.2, 0) is 20.7 Å². The molecule has 1 atom stereocenters. The lowest BCUT2D eigenvalue weighted by Gasteiger charge is -2.41. The fraction of sp³-hybridized carbons (Fsp3) is 0.381. The first kappa shape index (κ1) is 19.0. The van der Waals surface area contributed by atoms with Crippen LogP contribution in [0.1, 0.15) is 25.3 Å². The van der Waals surface area contributed by atoms with E-state index in [9.17, 15) is 9.59 Å². The van der Waals surface area contributed by atoms with Crippen molar-refractivity contribution in [1.82, 2.24) is 9.88 Å². The van der Waals surface area contributed by atoms with E-state index in [2.05, 4.69) is 4.98 Å². The number of morpholine rings is 1. The van der Waals surface area contributed by atoms with Crippen LogP contribution in [0, 0.1) is 0 Å². The second-order valence-corrected chi connectivity index (χ2v) is 6.89. The minimum atomic E-state index is -1.20. The number of nitrogens with zero attached hydrogens (tertiary/aromatic N) is 2. The molecule has 0 bridgehead atoms. The number of primary amides is 1. The lowest BCUT2D eigenvalue weighted by Crippen LogP contribution is -2.61. The monoisotopic (exact) mass is 367 g/mol. The predicted octanol–water partition coefficient (Wildman–Crippen LogP) is 2.17. The lowest BCUT2D eigenvalue weighted by atomic mass is 9.90. The van der Waals surface area contributed by atoms with Crippen molar-refractivity contribution in [3.05, 3.63) is 54.4 Å². The first-order chi connectivity index (χ1) is 13.0. The molecule has 1 unspecified atom stereocenters. The van der Waals surface area contributed by atoms with Crippen LogP contribution in [-0.4, -0.2) is 47.0 Å². The highest BCUT2D eigenvalue weighted by Crippen LogP contribution is 2.26. The second kappa shape index (κ2) is 8.31. The predicted molar refractivity (Wildman–Crippen MR) is 103 cm³/mol. The Morgan fingerprint density at radius 2 is 2.07 bits per heavy atom. The fourth-order valence-electron chi connectivity index (χ4n) is 3.44.